The molecule has 1 aliphatic rings. The molecule has 5 nitrogen and oxygen atoms in total. The molecule has 3 amide bonds. The Bertz CT molecular complexity index is 200. The minimum absolute atomic E-state index is 0.281. The molecule has 0 atom stereocenters. The molecule has 3 N–H and O–H groups in total. The zero-order chi connectivity index (χ0) is 9.68. The maximum Gasteiger partial charge on any atom is 0.318 e. The minimum Gasteiger partial charge on any atom is -0.351 e. The predicted octanol–water partition coefficient (Wildman–Crippen LogP) is -0.333. The van der Waals surface area contributed by atoms with Crippen LogP contribution in [0.4, 0.5) is 4.79 Å². The van der Waals surface area contributed by atoms with Crippen molar-refractivity contribution < 1.29 is 9.59 Å². The van der Waals surface area contributed by atoms with E-state index in [1.165, 1.54) is 6.42 Å². The quantitative estimate of drug-likeness (QED) is 0.618. The molecule has 0 saturated carbocycles. The van der Waals surface area contributed by atoms with Crippen molar-refractivity contribution in [2.75, 3.05) is 19.6 Å². The number of urea groups is 1. The highest BCUT2D eigenvalue weighted by Crippen LogP contribution is 2.07. The Kier molecular flexibility index (Phi) is 3.70. The summed E-state index contributed by atoms with van der Waals surface area (Å²) in [6.07, 6.45) is 3.49. The average molecular weight is 185 g/mol. The normalized spacial score (nSPS) is 18.2. The summed E-state index contributed by atoms with van der Waals surface area (Å²) in [6.45, 7) is 2.15. The number of nitrogens with zero attached hydrogens (tertiary/aromatic N) is 1. The molecule has 5 heteroatoms. The lowest BCUT2D eigenvalue weighted by molar-refractivity contribution is -0.121. The Morgan fingerprint density at radius 2 is 1.85 bits per heavy atom. The number of hydrogen-bond donors (Lipinski definition) is 2. The summed E-state index contributed by atoms with van der Waals surface area (Å²) >= 11 is 0. The number of hydrogen-bond acceptors (Lipinski definition) is 3. The monoisotopic (exact) mass is 185 g/mol. The number of piperidine rings is 1. The van der Waals surface area contributed by atoms with Crippen LogP contribution in [0.5, 0.6) is 0 Å². The highest BCUT2D eigenvalue weighted by Gasteiger charge is 2.14. The fourth-order valence-electron chi connectivity index (χ4n) is 1.50. The molecule has 0 bridgehead atoms. The number of nitrogens with two attached hydrogens (primary N) is 1. The van der Waals surface area contributed by atoms with Crippen LogP contribution in [0, 0.1) is 0 Å². The van der Waals surface area contributed by atoms with E-state index in [0.29, 0.717) is 0 Å². The number of rotatable bonds is 2. The van der Waals surface area contributed by atoms with Gasteiger partial charge in [0, 0.05) is 0 Å². The lowest BCUT2D eigenvalue weighted by atomic mass is 10.1. The molecule has 1 aliphatic heterocycles. The Hall–Kier alpha value is -1.10. The summed E-state index contributed by atoms with van der Waals surface area (Å²) in [7, 11) is 0. The van der Waals surface area contributed by atoms with E-state index in [0.717, 1.165) is 25.9 Å². The van der Waals surface area contributed by atoms with Crippen molar-refractivity contribution in [3.63, 3.8) is 0 Å². The highest BCUT2D eigenvalue weighted by molar-refractivity contribution is 5.94. The number of carbonyl (C=O) groups is 2. The van der Waals surface area contributed by atoms with Crippen LogP contribution in [0.25, 0.3) is 0 Å². The zero-order valence-corrected chi connectivity index (χ0v) is 7.58. The van der Waals surface area contributed by atoms with E-state index in [2.05, 4.69) is 0 Å². The van der Waals surface area contributed by atoms with Gasteiger partial charge in [0.15, 0.2) is 0 Å². The van der Waals surface area contributed by atoms with Crippen LogP contribution in [0.15, 0.2) is 0 Å². The van der Waals surface area contributed by atoms with Crippen LogP contribution in [-0.2, 0) is 4.79 Å². The van der Waals surface area contributed by atoms with Crippen LogP contribution in [0.2, 0.25) is 0 Å². The Morgan fingerprint density at radius 1 is 1.23 bits per heavy atom. The summed E-state index contributed by atoms with van der Waals surface area (Å²) in [6, 6.07) is -0.776. The lowest BCUT2D eigenvalue weighted by Gasteiger charge is -2.25. The SMILES string of the molecule is NC(=O)NC(=O)CN1CCCCC1. The summed E-state index contributed by atoms with van der Waals surface area (Å²) < 4.78 is 0. The number of amides is 3. The molecule has 0 spiro atoms. The minimum atomic E-state index is -0.776. The molecular weight excluding hydrogens is 170 g/mol. The summed E-state index contributed by atoms with van der Waals surface area (Å²) in [5, 5.41) is 2.05. The summed E-state index contributed by atoms with van der Waals surface area (Å²) in [5.41, 5.74) is 4.81. The molecule has 74 valence electrons. The maximum absolute atomic E-state index is 11.1. The van der Waals surface area contributed by atoms with Gasteiger partial charge >= 0.3 is 6.03 Å². The van der Waals surface area contributed by atoms with Gasteiger partial charge < -0.3 is 5.73 Å². The van der Waals surface area contributed by atoms with Gasteiger partial charge in [0.1, 0.15) is 0 Å². The van der Waals surface area contributed by atoms with E-state index in [9.17, 15) is 9.59 Å². The van der Waals surface area contributed by atoms with Gasteiger partial charge in [-0.25, -0.2) is 4.79 Å². The van der Waals surface area contributed by atoms with E-state index < -0.39 is 6.03 Å². The van der Waals surface area contributed by atoms with E-state index in [1.54, 1.807) is 0 Å². The van der Waals surface area contributed by atoms with Gasteiger partial charge in [0.2, 0.25) is 5.91 Å². The van der Waals surface area contributed by atoms with Gasteiger partial charge in [-0.2, -0.15) is 0 Å². The molecule has 13 heavy (non-hydrogen) atoms. The van der Waals surface area contributed by atoms with Crippen LogP contribution in [-0.4, -0.2) is 36.5 Å². The van der Waals surface area contributed by atoms with Crippen molar-refractivity contribution in [1.82, 2.24) is 10.2 Å². The highest BCUT2D eigenvalue weighted by atomic mass is 16.2. The summed E-state index contributed by atoms with van der Waals surface area (Å²) in [5.74, 6) is -0.311. The first kappa shape index (κ1) is 9.98. The average Bonchev–Trinajstić information content (AvgIpc) is 2.04. The Labute approximate surface area is 77.3 Å². The number of nitrogens with one attached hydrogen (secondary N) is 1. The first-order valence-corrected chi connectivity index (χ1v) is 4.50. The van der Waals surface area contributed by atoms with Crippen molar-refractivity contribution in [2.45, 2.75) is 19.3 Å². The second-order valence-corrected chi connectivity index (χ2v) is 3.25. The van der Waals surface area contributed by atoms with Crippen molar-refractivity contribution >= 4 is 11.9 Å². The van der Waals surface area contributed by atoms with Crippen molar-refractivity contribution in [2.24, 2.45) is 5.73 Å². The topological polar surface area (TPSA) is 75.4 Å². The third-order valence-electron chi connectivity index (χ3n) is 2.08. The molecule has 0 radical (unpaired) electrons. The molecule has 0 aromatic rings. The standard InChI is InChI=1S/C8H15N3O2/c9-8(13)10-7(12)6-11-4-2-1-3-5-11/h1-6H2,(H3,9,10,12,13). The molecule has 0 unspecified atom stereocenters. The van der Waals surface area contributed by atoms with E-state index in [-0.39, 0.29) is 12.5 Å². The predicted molar refractivity (Wildman–Crippen MR) is 48.0 cm³/mol. The third kappa shape index (κ3) is 3.89. The zero-order valence-electron chi connectivity index (χ0n) is 7.58. The van der Waals surface area contributed by atoms with Crippen molar-refractivity contribution in [3.05, 3.63) is 0 Å². The molecule has 0 aliphatic carbocycles. The van der Waals surface area contributed by atoms with Crippen molar-refractivity contribution in [3.8, 4) is 0 Å². The maximum atomic E-state index is 11.1. The molecule has 1 saturated heterocycles. The lowest BCUT2D eigenvalue weighted by Crippen LogP contribution is -2.43. The van der Waals surface area contributed by atoms with Gasteiger partial charge in [-0.1, -0.05) is 6.42 Å². The first-order valence-electron chi connectivity index (χ1n) is 4.50. The number of carbonyl (C=O) groups excluding carboxylic acids is 2. The molecule has 0 aromatic heterocycles. The van der Waals surface area contributed by atoms with Crippen molar-refractivity contribution in [1.29, 1.82) is 0 Å². The van der Waals surface area contributed by atoms with Crippen LogP contribution in [0.3, 0.4) is 0 Å². The molecule has 1 fully saturated rings. The van der Waals surface area contributed by atoms with Gasteiger partial charge in [-0.3, -0.25) is 15.0 Å². The second-order valence-electron chi connectivity index (χ2n) is 3.25. The summed E-state index contributed by atoms with van der Waals surface area (Å²) in [4.78, 5) is 23.4. The van der Waals surface area contributed by atoms with Crippen LogP contribution < -0.4 is 11.1 Å². The third-order valence-corrected chi connectivity index (χ3v) is 2.08. The fraction of sp³-hybridized carbons (Fsp3) is 0.750. The van der Waals surface area contributed by atoms with Gasteiger partial charge in [0.25, 0.3) is 0 Å². The molecular formula is C8H15N3O2. The molecule has 0 aromatic carbocycles. The fourth-order valence-corrected chi connectivity index (χ4v) is 1.50. The second kappa shape index (κ2) is 4.81. The van der Waals surface area contributed by atoms with Crippen LogP contribution >= 0.6 is 0 Å². The molecule has 1 heterocycles. The Balaban J connectivity index is 2.22. The van der Waals surface area contributed by atoms with E-state index in [1.807, 2.05) is 10.2 Å². The van der Waals surface area contributed by atoms with E-state index in [4.69, 9.17) is 5.73 Å². The number of likely N-dealkylation sites (tertiary alicyclic amines) is 1. The number of primary amides is 1. The largest absolute Gasteiger partial charge is 0.351 e. The molecule has 1 rings (SSSR count). The Morgan fingerprint density at radius 3 is 2.38 bits per heavy atom. The van der Waals surface area contributed by atoms with Gasteiger partial charge in [-0.05, 0) is 25.9 Å². The van der Waals surface area contributed by atoms with Gasteiger partial charge in [0.05, 0.1) is 6.54 Å². The van der Waals surface area contributed by atoms with Crippen LogP contribution in [0.1, 0.15) is 19.3 Å². The smallest absolute Gasteiger partial charge is 0.318 e. The first-order chi connectivity index (χ1) is 6.18. The van der Waals surface area contributed by atoms with E-state index >= 15 is 0 Å². The van der Waals surface area contributed by atoms with Gasteiger partial charge in [-0.15, -0.1) is 0 Å². The number of imide groups is 1.